The highest BCUT2D eigenvalue weighted by Crippen LogP contribution is 2.36. The molecule has 4 aromatic rings. The number of carbonyl (C=O) groups is 1. The lowest BCUT2D eigenvalue weighted by Gasteiger charge is -2.13. The van der Waals surface area contributed by atoms with Gasteiger partial charge in [0.05, 0.1) is 16.7 Å². The Kier molecular flexibility index (Phi) is 9.84. The van der Waals surface area contributed by atoms with E-state index in [-0.39, 0.29) is 6.08 Å². The molecule has 0 heterocycles. The molecule has 0 aliphatic carbocycles. The number of benzene rings is 4. The molecule has 0 saturated heterocycles. The van der Waals surface area contributed by atoms with Crippen LogP contribution in [0.3, 0.4) is 0 Å². The highest BCUT2D eigenvalue weighted by Gasteiger charge is 2.25. The summed E-state index contributed by atoms with van der Waals surface area (Å²) in [7, 11) is 0. The summed E-state index contributed by atoms with van der Waals surface area (Å²) in [6.07, 6.45) is -0.371. The van der Waals surface area contributed by atoms with Crippen molar-refractivity contribution in [1.82, 2.24) is 0 Å². The van der Waals surface area contributed by atoms with Crippen molar-refractivity contribution in [3.05, 3.63) is 130 Å². The average molecular weight is 639 g/mol. The minimum absolute atomic E-state index is 0.108. The van der Waals surface area contributed by atoms with Crippen LogP contribution in [0.25, 0.3) is 28.3 Å². The molecule has 0 amide bonds. The molecule has 4 rings (SSSR count). The lowest BCUT2D eigenvalue weighted by atomic mass is 9.97. The molecule has 234 valence electrons. The second-order valence-electron chi connectivity index (χ2n) is 9.62. The van der Waals surface area contributed by atoms with E-state index in [1.165, 1.54) is 6.07 Å². The third-order valence-corrected chi connectivity index (χ3v) is 6.45. The van der Waals surface area contributed by atoms with E-state index in [1.807, 2.05) is 19.1 Å². The third-order valence-electron chi connectivity index (χ3n) is 6.45. The van der Waals surface area contributed by atoms with E-state index in [9.17, 15) is 39.9 Å². The molecule has 0 bridgehead atoms. The lowest BCUT2D eigenvalue weighted by Crippen LogP contribution is -2.11. The topological polar surface area (TPSA) is 26.3 Å². The smallest absolute Gasteiger partial charge is 0.409 e. The quantitative estimate of drug-likeness (QED) is 0.0831. The number of allylic oxidation sites excluding steroid dienone is 3. The van der Waals surface area contributed by atoms with Crippen LogP contribution in [0.15, 0.2) is 72.8 Å². The molecule has 2 nitrogen and oxygen atoms in total. The molecule has 0 unspecified atom stereocenters. The van der Waals surface area contributed by atoms with Gasteiger partial charge in [0.2, 0.25) is 0 Å². The Morgan fingerprint density at radius 3 is 1.71 bits per heavy atom. The highest BCUT2D eigenvalue weighted by molar-refractivity contribution is 5.91. The Morgan fingerprint density at radius 2 is 1.22 bits per heavy atom. The van der Waals surface area contributed by atoms with Crippen molar-refractivity contribution in [2.24, 2.45) is 0 Å². The number of esters is 1. The van der Waals surface area contributed by atoms with E-state index >= 15 is 8.78 Å². The van der Waals surface area contributed by atoms with Gasteiger partial charge in [-0.3, -0.25) is 0 Å². The minimum atomic E-state index is -4.88. The molecule has 0 spiro atoms. The molecule has 0 aliphatic rings. The maximum atomic E-state index is 15.0. The molecular formula is C33H20F10O2. The first-order valence-electron chi connectivity index (χ1n) is 13.0. The van der Waals surface area contributed by atoms with Gasteiger partial charge in [-0.25, -0.2) is 35.5 Å². The number of halogens is 10. The molecule has 4 aromatic carbocycles. The Hall–Kier alpha value is -4.87. The fraction of sp³-hybridized carbons (Fsp3) is 0.121. The first kappa shape index (κ1) is 33.0. The average Bonchev–Trinajstić information content (AvgIpc) is 2.91. The van der Waals surface area contributed by atoms with Crippen LogP contribution in [0, 0.1) is 40.7 Å². The molecule has 0 atom stereocenters. The van der Waals surface area contributed by atoms with Gasteiger partial charge in [-0.2, -0.15) is 13.2 Å². The van der Waals surface area contributed by atoms with Gasteiger partial charge < -0.3 is 4.74 Å². The number of ether oxygens (including phenoxy) is 1. The van der Waals surface area contributed by atoms with Crippen molar-refractivity contribution in [3.8, 4) is 28.0 Å². The summed E-state index contributed by atoms with van der Waals surface area (Å²) < 4.78 is 145. The Morgan fingerprint density at radius 1 is 0.711 bits per heavy atom. The van der Waals surface area contributed by atoms with Crippen LogP contribution in [-0.2, 0) is 6.42 Å². The van der Waals surface area contributed by atoms with Crippen molar-refractivity contribution >= 4 is 12.0 Å². The van der Waals surface area contributed by atoms with Gasteiger partial charge in [-0.1, -0.05) is 18.2 Å². The minimum Gasteiger partial charge on any atom is -0.423 e. The van der Waals surface area contributed by atoms with E-state index in [0.717, 1.165) is 12.1 Å². The standard InChI is InChI=1S/C33H20F10O2/c1-2-3-4-5-17-6-7-22(23(34)10-17)32(44)45-20-15-28(39)31(29(40)16-20)19-13-26(37)30(27(38)14-19)18-11-24(35)21(25(36)12-18)8-9-33(41,42)43/h2-3,6-16H,4-5H2,1H3/b3-2+,9-8+. The van der Waals surface area contributed by atoms with Crippen molar-refractivity contribution in [3.63, 3.8) is 0 Å². The monoisotopic (exact) mass is 638 g/mol. The Bertz CT molecular complexity index is 1750. The van der Waals surface area contributed by atoms with Crippen LogP contribution in [0.5, 0.6) is 5.75 Å². The molecule has 0 aliphatic heterocycles. The summed E-state index contributed by atoms with van der Waals surface area (Å²) in [6, 6.07) is 6.54. The van der Waals surface area contributed by atoms with E-state index in [2.05, 4.69) is 0 Å². The summed E-state index contributed by atoms with van der Waals surface area (Å²) in [5.74, 6) is -11.9. The predicted molar refractivity (Wildman–Crippen MR) is 147 cm³/mol. The zero-order chi connectivity index (χ0) is 33.1. The SMILES string of the molecule is C/C=C/CCc1ccc(C(=O)Oc2cc(F)c(-c3cc(F)c(-c4cc(F)c(/C=C/C(F)(F)F)c(F)c4)c(F)c3)c(F)c2)c(F)c1. The van der Waals surface area contributed by atoms with Crippen molar-refractivity contribution in [2.75, 3.05) is 0 Å². The van der Waals surface area contributed by atoms with E-state index < -0.39 is 98.1 Å². The number of aryl methyl sites for hydroxylation is 1. The number of carbonyl (C=O) groups excluding carboxylic acids is 1. The highest BCUT2D eigenvalue weighted by atomic mass is 19.4. The second kappa shape index (κ2) is 13.4. The zero-order valence-corrected chi connectivity index (χ0v) is 23.0. The lowest BCUT2D eigenvalue weighted by molar-refractivity contribution is -0.0790. The van der Waals surface area contributed by atoms with Crippen LogP contribution >= 0.6 is 0 Å². The number of alkyl halides is 3. The first-order chi connectivity index (χ1) is 21.2. The van der Waals surface area contributed by atoms with Gasteiger partial charge >= 0.3 is 12.1 Å². The van der Waals surface area contributed by atoms with Crippen LogP contribution in [0.1, 0.15) is 34.8 Å². The first-order valence-corrected chi connectivity index (χ1v) is 13.0. The molecule has 0 N–H and O–H groups in total. The molecule has 0 radical (unpaired) electrons. The zero-order valence-electron chi connectivity index (χ0n) is 23.0. The van der Waals surface area contributed by atoms with Crippen LogP contribution < -0.4 is 4.74 Å². The molecule has 45 heavy (non-hydrogen) atoms. The summed E-state index contributed by atoms with van der Waals surface area (Å²) in [5, 5.41) is 0. The van der Waals surface area contributed by atoms with Crippen LogP contribution in [0.2, 0.25) is 0 Å². The largest absolute Gasteiger partial charge is 0.423 e. The van der Waals surface area contributed by atoms with Gasteiger partial charge in [0.15, 0.2) is 0 Å². The predicted octanol–water partition coefficient (Wildman–Crippen LogP) is 10.3. The maximum absolute atomic E-state index is 15.0. The summed E-state index contributed by atoms with van der Waals surface area (Å²) in [4.78, 5) is 12.5. The fourth-order valence-corrected chi connectivity index (χ4v) is 4.40. The molecular weight excluding hydrogens is 618 g/mol. The Balaban J connectivity index is 1.60. The normalized spacial score (nSPS) is 12.0. The number of rotatable bonds is 8. The van der Waals surface area contributed by atoms with Crippen LogP contribution in [-0.4, -0.2) is 12.1 Å². The fourth-order valence-electron chi connectivity index (χ4n) is 4.40. The van der Waals surface area contributed by atoms with Gasteiger partial charge in [0, 0.05) is 23.8 Å². The molecule has 0 fully saturated rings. The molecule has 0 aromatic heterocycles. The maximum Gasteiger partial charge on any atom is 0.409 e. The van der Waals surface area contributed by atoms with Crippen LogP contribution in [0.4, 0.5) is 43.9 Å². The number of hydrogen-bond acceptors (Lipinski definition) is 2. The summed E-state index contributed by atoms with van der Waals surface area (Å²) >= 11 is 0. The third kappa shape index (κ3) is 7.81. The van der Waals surface area contributed by atoms with E-state index in [1.54, 1.807) is 0 Å². The van der Waals surface area contributed by atoms with Crippen molar-refractivity contribution in [2.45, 2.75) is 25.9 Å². The van der Waals surface area contributed by atoms with E-state index in [4.69, 9.17) is 4.74 Å². The van der Waals surface area contributed by atoms with E-state index in [0.29, 0.717) is 54.8 Å². The van der Waals surface area contributed by atoms with Gasteiger partial charge in [-0.15, -0.1) is 0 Å². The molecule has 0 saturated carbocycles. The second-order valence-corrected chi connectivity index (χ2v) is 9.62. The Labute approximate surface area is 249 Å². The summed E-state index contributed by atoms with van der Waals surface area (Å²) in [6.45, 7) is 1.83. The van der Waals surface area contributed by atoms with Crippen molar-refractivity contribution in [1.29, 1.82) is 0 Å². The molecule has 12 heteroatoms. The number of hydrogen-bond donors (Lipinski definition) is 0. The summed E-state index contributed by atoms with van der Waals surface area (Å²) in [5.41, 5.74) is -4.43. The van der Waals surface area contributed by atoms with Gasteiger partial charge in [0.1, 0.15) is 46.5 Å². The van der Waals surface area contributed by atoms with Crippen molar-refractivity contribution < 1.29 is 53.4 Å². The van der Waals surface area contributed by atoms with Gasteiger partial charge in [-0.05, 0) is 78.9 Å². The van der Waals surface area contributed by atoms with Gasteiger partial charge in [0.25, 0.3) is 0 Å².